The van der Waals surface area contributed by atoms with E-state index in [0.29, 0.717) is 5.92 Å². The van der Waals surface area contributed by atoms with Crippen LogP contribution in [0, 0.1) is 0 Å². The third-order valence-electron chi connectivity index (χ3n) is 4.10. The Labute approximate surface area is 152 Å². The molecule has 1 N–H and O–H groups in total. The number of benzene rings is 3. The first-order valence-corrected chi connectivity index (χ1v) is 12.2. The van der Waals surface area contributed by atoms with Crippen LogP contribution in [0.3, 0.4) is 0 Å². The number of para-hydroxylation sites is 1. The normalized spacial score (nSPS) is 11.5. The third-order valence-corrected chi connectivity index (χ3v) is 9.94. The third kappa shape index (κ3) is 3.57. The number of anilines is 1. The standard InChI is InChI=1S/C21H22NPSe/c1-17(2)20-15-9-10-16-21(20)22-23(24,18-11-5-3-6-12-18)19-13-7-4-8-14-19/h3-17H,1-2H3,(H,22,24). The summed E-state index contributed by atoms with van der Waals surface area (Å²) in [6.45, 7) is 4.48. The molecule has 3 aromatic carbocycles. The van der Waals surface area contributed by atoms with Crippen LogP contribution in [-0.4, -0.2) is 15.1 Å². The second-order valence-electron chi connectivity index (χ2n) is 6.13. The van der Waals surface area contributed by atoms with E-state index in [1.165, 1.54) is 21.9 Å². The average molecular weight is 398 g/mol. The molecule has 0 aromatic heterocycles. The van der Waals surface area contributed by atoms with E-state index in [1.54, 1.807) is 0 Å². The fourth-order valence-corrected chi connectivity index (χ4v) is 7.26. The van der Waals surface area contributed by atoms with E-state index in [1.807, 2.05) is 0 Å². The molecule has 0 heterocycles. The maximum absolute atomic E-state index is 3.89. The molecule has 0 spiro atoms. The summed E-state index contributed by atoms with van der Waals surface area (Å²) < 4.78 is 0. The Balaban J connectivity index is 2.13. The summed E-state index contributed by atoms with van der Waals surface area (Å²) in [6, 6.07) is 30.1. The predicted molar refractivity (Wildman–Crippen MR) is 109 cm³/mol. The van der Waals surface area contributed by atoms with Gasteiger partial charge in [0, 0.05) is 0 Å². The van der Waals surface area contributed by atoms with Crippen molar-refractivity contribution in [3.05, 3.63) is 90.5 Å². The first-order chi connectivity index (χ1) is 11.6. The second kappa shape index (κ2) is 7.53. The summed E-state index contributed by atoms with van der Waals surface area (Å²) >= 11 is 3.54. The van der Waals surface area contributed by atoms with Crippen LogP contribution in [0.1, 0.15) is 25.3 Å². The quantitative estimate of drug-likeness (QED) is 0.477. The van der Waals surface area contributed by atoms with Crippen molar-refractivity contribution in [1.29, 1.82) is 0 Å². The molecule has 0 aliphatic rings. The summed E-state index contributed by atoms with van der Waals surface area (Å²) in [6.07, 6.45) is 0. The van der Waals surface area contributed by atoms with E-state index in [0.717, 1.165) is 0 Å². The molecule has 0 saturated heterocycles. The topological polar surface area (TPSA) is 12.0 Å². The molecule has 0 unspecified atom stereocenters. The number of hydrogen-bond acceptors (Lipinski definition) is 1. The molecule has 0 saturated carbocycles. The molecule has 3 aromatic rings. The van der Waals surface area contributed by atoms with Gasteiger partial charge in [0.2, 0.25) is 0 Å². The summed E-state index contributed by atoms with van der Waals surface area (Å²) in [5.74, 6) is 0.480. The molecule has 0 aliphatic carbocycles. The Morgan fingerprint density at radius 2 is 1.17 bits per heavy atom. The zero-order chi connectivity index (χ0) is 17.0. The van der Waals surface area contributed by atoms with Crippen molar-refractivity contribution in [1.82, 2.24) is 0 Å². The van der Waals surface area contributed by atoms with Gasteiger partial charge in [-0.3, -0.25) is 0 Å². The second-order valence-corrected chi connectivity index (χ2v) is 12.1. The summed E-state index contributed by atoms with van der Waals surface area (Å²) in [4.78, 5) is 0. The molecule has 1 nitrogen and oxygen atoms in total. The van der Waals surface area contributed by atoms with Gasteiger partial charge in [-0.1, -0.05) is 0 Å². The first-order valence-electron chi connectivity index (χ1n) is 8.20. The van der Waals surface area contributed by atoms with Crippen molar-refractivity contribution in [2.24, 2.45) is 0 Å². The Kier molecular flexibility index (Phi) is 5.41. The molecule has 3 rings (SSSR count). The van der Waals surface area contributed by atoms with E-state index in [-0.39, 0.29) is 0 Å². The van der Waals surface area contributed by atoms with Crippen LogP contribution in [0.4, 0.5) is 5.69 Å². The molecule has 0 aliphatic heterocycles. The number of hydrogen-bond donors (Lipinski definition) is 1. The van der Waals surface area contributed by atoms with E-state index < -0.39 is 5.66 Å². The molecule has 0 atom stereocenters. The van der Waals surface area contributed by atoms with Crippen molar-refractivity contribution in [3.8, 4) is 0 Å². The SMILES string of the molecule is CC(C)c1ccccc1NP(=[Se])(c1ccccc1)c1ccccc1. The van der Waals surface area contributed by atoms with E-state index in [4.69, 9.17) is 0 Å². The van der Waals surface area contributed by atoms with Gasteiger partial charge in [0.05, 0.1) is 0 Å². The number of rotatable bonds is 5. The van der Waals surface area contributed by atoms with Crippen molar-refractivity contribution >= 4 is 37.1 Å². The van der Waals surface area contributed by atoms with Gasteiger partial charge in [0.15, 0.2) is 0 Å². The number of nitrogens with one attached hydrogen (secondary N) is 1. The Morgan fingerprint density at radius 3 is 1.67 bits per heavy atom. The Morgan fingerprint density at radius 1 is 0.708 bits per heavy atom. The summed E-state index contributed by atoms with van der Waals surface area (Å²) in [5, 5.41) is 6.52. The molecular weight excluding hydrogens is 376 g/mol. The fraction of sp³-hybridized carbons (Fsp3) is 0.143. The van der Waals surface area contributed by atoms with Gasteiger partial charge >= 0.3 is 152 Å². The van der Waals surface area contributed by atoms with Gasteiger partial charge in [-0.2, -0.15) is 0 Å². The molecule has 122 valence electrons. The summed E-state index contributed by atoms with van der Waals surface area (Å²) in [5.41, 5.74) is 0.728. The molecule has 24 heavy (non-hydrogen) atoms. The van der Waals surface area contributed by atoms with E-state index in [2.05, 4.69) is 119 Å². The molecule has 0 fully saturated rings. The van der Waals surface area contributed by atoms with Gasteiger partial charge < -0.3 is 0 Å². The van der Waals surface area contributed by atoms with Crippen LogP contribution in [0.2, 0.25) is 0 Å². The van der Waals surface area contributed by atoms with Gasteiger partial charge in [-0.15, -0.1) is 0 Å². The monoisotopic (exact) mass is 399 g/mol. The van der Waals surface area contributed by atoms with Crippen molar-refractivity contribution in [3.63, 3.8) is 0 Å². The molecular formula is C21H22NPSe. The average Bonchev–Trinajstić information content (AvgIpc) is 2.63. The predicted octanol–water partition coefficient (Wildman–Crippen LogP) is 4.89. The minimum atomic E-state index is -1.84. The van der Waals surface area contributed by atoms with E-state index in [9.17, 15) is 0 Å². The van der Waals surface area contributed by atoms with Gasteiger partial charge in [-0.05, 0) is 0 Å². The van der Waals surface area contributed by atoms with Crippen LogP contribution in [0.5, 0.6) is 0 Å². The van der Waals surface area contributed by atoms with Crippen LogP contribution in [0.25, 0.3) is 0 Å². The van der Waals surface area contributed by atoms with Gasteiger partial charge in [-0.25, -0.2) is 0 Å². The van der Waals surface area contributed by atoms with E-state index >= 15 is 0 Å². The molecule has 0 radical (unpaired) electrons. The van der Waals surface area contributed by atoms with Crippen LogP contribution >= 0.6 is 5.66 Å². The first kappa shape index (κ1) is 17.2. The van der Waals surface area contributed by atoms with Crippen LogP contribution < -0.4 is 15.7 Å². The van der Waals surface area contributed by atoms with Crippen LogP contribution in [0.15, 0.2) is 84.9 Å². The zero-order valence-electron chi connectivity index (χ0n) is 14.0. The molecule has 0 amide bonds. The Hall–Kier alpha value is -1.59. The fourth-order valence-electron chi connectivity index (χ4n) is 2.83. The molecule has 0 bridgehead atoms. The van der Waals surface area contributed by atoms with Gasteiger partial charge in [0.1, 0.15) is 0 Å². The van der Waals surface area contributed by atoms with Crippen molar-refractivity contribution in [2.75, 3.05) is 5.09 Å². The minimum absolute atomic E-state index is 0.480. The maximum atomic E-state index is 3.89. The van der Waals surface area contributed by atoms with Gasteiger partial charge in [0.25, 0.3) is 0 Å². The zero-order valence-corrected chi connectivity index (χ0v) is 16.6. The van der Waals surface area contributed by atoms with Crippen molar-refractivity contribution in [2.45, 2.75) is 19.8 Å². The van der Waals surface area contributed by atoms with Crippen molar-refractivity contribution < 1.29 is 0 Å². The molecule has 3 heteroatoms. The Bertz CT molecular complexity index is 800. The van der Waals surface area contributed by atoms with Crippen LogP contribution in [-0.2, 0) is 0 Å². The summed E-state index contributed by atoms with van der Waals surface area (Å²) in [7, 11) is 0.